The molecule has 1 atom stereocenters. The predicted molar refractivity (Wildman–Crippen MR) is 59.4 cm³/mol. The van der Waals surface area contributed by atoms with Gasteiger partial charge in [0.25, 0.3) is 0 Å². The van der Waals surface area contributed by atoms with E-state index in [2.05, 4.69) is 0 Å². The van der Waals surface area contributed by atoms with Crippen molar-refractivity contribution < 1.29 is 9.47 Å². The number of rotatable bonds is 4. The SMILES string of the molecule is COc1cccc(OC(C)CN)c1.Cl. The Morgan fingerprint density at radius 2 is 2.00 bits per heavy atom. The zero-order valence-corrected chi connectivity index (χ0v) is 9.21. The monoisotopic (exact) mass is 217 g/mol. The van der Waals surface area contributed by atoms with E-state index in [1.54, 1.807) is 7.11 Å². The molecule has 3 nitrogen and oxygen atoms in total. The first-order valence-electron chi connectivity index (χ1n) is 4.27. The van der Waals surface area contributed by atoms with Crippen LogP contribution in [0.2, 0.25) is 0 Å². The average molecular weight is 218 g/mol. The van der Waals surface area contributed by atoms with Gasteiger partial charge in [-0.3, -0.25) is 0 Å². The van der Waals surface area contributed by atoms with Gasteiger partial charge in [-0.2, -0.15) is 0 Å². The van der Waals surface area contributed by atoms with Crippen LogP contribution in [0.5, 0.6) is 11.5 Å². The molecule has 1 rings (SSSR count). The van der Waals surface area contributed by atoms with E-state index < -0.39 is 0 Å². The van der Waals surface area contributed by atoms with E-state index in [4.69, 9.17) is 15.2 Å². The standard InChI is InChI=1S/C10H15NO2.ClH/c1-8(7-11)13-10-5-3-4-9(6-10)12-2;/h3-6,8H,7,11H2,1-2H3;1H. The molecule has 0 saturated carbocycles. The third-order valence-electron chi connectivity index (χ3n) is 1.71. The fourth-order valence-corrected chi connectivity index (χ4v) is 0.955. The summed E-state index contributed by atoms with van der Waals surface area (Å²) in [5, 5.41) is 0. The van der Waals surface area contributed by atoms with Gasteiger partial charge in [-0.1, -0.05) is 6.07 Å². The molecule has 0 aliphatic carbocycles. The van der Waals surface area contributed by atoms with Crippen LogP contribution in [0, 0.1) is 0 Å². The fourth-order valence-electron chi connectivity index (χ4n) is 0.955. The van der Waals surface area contributed by atoms with E-state index >= 15 is 0 Å². The Bertz CT molecular complexity index is 268. The van der Waals surface area contributed by atoms with Gasteiger partial charge >= 0.3 is 0 Å². The second kappa shape index (κ2) is 6.51. The minimum Gasteiger partial charge on any atom is -0.497 e. The molecule has 4 heteroatoms. The molecule has 2 N–H and O–H groups in total. The van der Waals surface area contributed by atoms with Gasteiger partial charge < -0.3 is 15.2 Å². The lowest BCUT2D eigenvalue weighted by Crippen LogP contribution is -2.22. The van der Waals surface area contributed by atoms with Crippen molar-refractivity contribution in [2.75, 3.05) is 13.7 Å². The Kier molecular flexibility index (Phi) is 6.08. The first-order chi connectivity index (χ1) is 6.26. The van der Waals surface area contributed by atoms with Gasteiger partial charge in [0.2, 0.25) is 0 Å². The van der Waals surface area contributed by atoms with Crippen LogP contribution in [-0.2, 0) is 0 Å². The summed E-state index contributed by atoms with van der Waals surface area (Å²) in [6, 6.07) is 7.48. The molecule has 0 saturated heterocycles. The average Bonchev–Trinajstić information content (AvgIpc) is 2.18. The highest BCUT2D eigenvalue weighted by Crippen LogP contribution is 2.19. The van der Waals surface area contributed by atoms with Gasteiger partial charge in [0, 0.05) is 12.6 Å². The highest BCUT2D eigenvalue weighted by Gasteiger charge is 2.01. The molecule has 0 bridgehead atoms. The smallest absolute Gasteiger partial charge is 0.123 e. The second-order valence-electron chi connectivity index (χ2n) is 2.84. The predicted octanol–water partition coefficient (Wildman–Crippen LogP) is 1.84. The van der Waals surface area contributed by atoms with Gasteiger partial charge in [-0.15, -0.1) is 12.4 Å². The van der Waals surface area contributed by atoms with Crippen molar-refractivity contribution in [1.29, 1.82) is 0 Å². The van der Waals surface area contributed by atoms with Crippen LogP contribution in [0.1, 0.15) is 6.92 Å². The van der Waals surface area contributed by atoms with E-state index in [0.717, 1.165) is 11.5 Å². The quantitative estimate of drug-likeness (QED) is 0.837. The zero-order valence-electron chi connectivity index (χ0n) is 8.40. The Morgan fingerprint density at radius 1 is 1.36 bits per heavy atom. The molecule has 0 fully saturated rings. The summed E-state index contributed by atoms with van der Waals surface area (Å²) in [5.74, 6) is 1.58. The maximum absolute atomic E-state index is 5.50. The molecule has 0 spiro atoms. The summed E-state index contributed by atoms with van der Waals surface area (Å²) in [7, 11) is 1.63. The first-order valence-corrected chi connectivity index (χ1v) is 4.27. The largest absolute Gasteiger partial charge is 0.497 e. The third-order valence-corrected chi connectivity index (χ3v) is 1.71. The van der Waals surface area contributed by atoms with Crippen LogP contribution in [0.4, 0.5) is 0 Å². The highest BCUT2D eigenvalue weighted by molar-refractivity contribution is 5.85. The third kappa shape index (κ3) is 3.85. The van der Waals surface area contributed by atoms with Crippen LogP contribution < -0.4 is 15.2 Å². The van der Waals surface area contributed by atoms with Crippen LogP contribution >= 0.6 is 12.4 Å². The molecule has 0 heterocycles. The summed E-state index contributed by atoms with van der Waals surface area (Å²) in [4.78, 5) is 0. The summed E-state index contributed by atoms with van der Waals surface area (Å²) in [6.45, 7) is 2.44. The lowest BCUT2D eigenvalue weighted by Gasteiger charge is -2.12. The maximum Gasteiger partial charge on any atom is 0.123 e. The van der Waals surface area contributed by atoms with Crippen molar-refractivity contribution in [1.82, 2.24) is 0 Å². The van der Waals surface area contributed by atoms with E-state index in [1.165, 1.54) is 0 Å². The molecular formula is C10H16ClNO2. The number of halogens is 1. The van der Waals surface area contributed by atoms with E-state index in [-0.39, 0.29) is 18.5 Å². The number of hydrogen-bond donors (Lipinski definition) is 1. The Labute approximate surface area is 90.6 Å². The molecule has 0 aromatic heterocycles. The lowest BCUT2D eigenvalue weighted by atomic mass is 10.3. The van der Waals surface area contributed by atoms with Crippen LogP contribution in [0.15, 0.2) is 24.3 Å². The Hall–Kier alpha value is -0.930. The zero-order chi connectivity index (χ0) is 9.68. The van der Waals surface area contributed by atoms with Gasteiger partial charge in [0.05, 0.1) is 7.11 Å². The molecular weight excluding hydrogens is 202 g/mol. The van der Waals surface area contributed by atoms with Crippen molar-refractivity contribution >= 4 is 12.4 Å². The molecule has 0 amide bonds. The molecule has 80 valence electrons. The van der Waals surface area contributed by atoms with Gasteiger partial charge in [-0.05, 0) is 19.1 Å². The topological polar surface area (TPSA) is 44.5 Å². The minimum absolute atomic E-state index is 0. The maximum atomic E-state index is 5.50. The normalized spacial score (nSPS) is 11.4. The molecule has 0 radical (unpaired) electrons. The molecule has 14 heavy (non-hydrogen) atoms. The van der Waals surface area contributed by atoms with Crippen molar-refractivity contribution in [3.8, 4) is 11.5 Å². The van der Waals surface area contributed by atoms with Crippen molar-refractivity contribution in [2.45, 2.75) is 13.0 Å². The summed E-state index contributed by atoms with van der Waals surface area (Å²) < 4.78 is 10.6. The Balaban J connectivity index is 0.00000169. The number of hydrogen-bond acceptors (Lipinski definition) is 3. The van der Waals surface area contributed by atoms with Crippen molar-refractivity contribution in [3.63, 3.8) is 0 Å². The van der Waals surface area contributed by atoms with Crippen LogP contribution in [0.3, 0.4) is 0 Å². The Morgan fingerprint density at radius 3 is 2.57 bits per heavy atom. The number of methoxy groups -OCH3 is 1. The minimum atomic E-state index is 0. The van der Waals surface area contributed by atoms with Crippen molar-refractivity contribution in [3.05, 3.63) is 24.3 Å². The number of nitrogens with two attached hydrogens (primary N) is 1. The van der Waals surface area contributed by atoms with Gasteiger partial charge in [0.15, 0.2) is 0 Å². The molecule has 1 unspecified atom stereocenters. The second-order valence-corrected chi connectivity index (χ2v) is 2.84. The van der Waals surface area contributed by atoms with Crippen LogP contribution in [-0.4, -0.2) is 19.8 Å². The van der Waals surface area contributed by atoms with Crippen molar-refractivity contribution in [2.24, 2.45) is 5.73 Å². The van der Waals surface area contributed by atoms with Crippen LogP contribution in [0.25, 0.3) is 0 Å². The van der Waals surface area contributed by atoms with Gasteiger partial charge in [-0.25, -0.2) is 0 Å². The van der Waals surface area contributed by atoms with Gasteiger partial charge in [0.1, 0.15) is 17.6 Å². The molecule has 1 aromatic rings. The van der Waals surface area contributed by atoms with E-state index in [0.29, 0.717) is 6.54 Å². The highest BCUT2D eigenvalue weighted by atomic mass is 35.5. The first kappa shape index (κ1) is 13.1. The fraction of sp³-hybridized carbons (Fsp3) is 0.400. The summed E-state index contributed by atoms with van der Waals surface area (Å²) in [5.41, 5.74) is 5.43. The number of benzene rings is 1. The van der Waals surface area contributed by atoms with E-state index in [1.807, 2.05) is 31.2 Å². The summed E-state index contributed by atoms with van der Waals surface area (Å²) >= 11 is 0. The number of ether oxygens (including phenoxy) is 2. The summed E-state index contributed by atoms with van der Waals surface area (Å²) in [6.07, 6.45) is 0.0344. The van der Waals surface area contributed by atoms with E-state index in [9.17, 15) is 0 Å². The molecule has 0 aliphatic rings. The molecule has 1 aromatic carbocycles. The lowest BCUT2D eigenvalue weighted by molar-refractivity contribution is 0.229. The molecule has 0 aliphatic heterocycles.